The number of hydrogen-bond acceptors (Lipinski definition) is 3. The maximum Gasteiger partial charge on any atom is 0.0874 e. The summed E-state index contributed by atoms with van der Waals surface area (Å²) in [6, 6.07) is 6.51. The maximum atomic E-state index is 6.02. The van der Waals surface area contributed by atoms with Gasteiger partial charge in [-0.2, -0.15) is 0 Å². The smallest absolute Gasteiger partial charge is 0.0874 e. The highest BCUT2D eigenvalue weighted by molar-refractivity contribution is 6.30. The number of rotatable bonds is 4. The van der Waals surface area contributed by atoms with Crippen LogP contribution in [0.25, 0.3) is 0 Å². The molecule has 106 valence electrons. The number of nitrogens with zero attached hydrogens (tertiary/aromatic N) is 1. The number of halogens is 1. The van der Waals surface area contributed by atoms with Crippen molar-refractivity contribution in [2.75, 3.05) is 31.6 Å². The minimum Gasteiger partial charge on any atom is -0.382 e. The Morgan fingerprint density at radius 1 is 1.47 bits per heavy atom. The van der Waals surface area contributed by atoms with Gasteiger partial charge in [-0.05, 0) is 38.5 Å². The van der Waals surface area contributed by atoms with Crippen LogP contribution < -0.4 is 5.32 Å². The monoisotopic (exact) mass is 282 g/mol. The van der Waals surface area contributed by atoms with Gasteiger partial charge in [-0.1, -0.05) is 17.7 Å². The molecule has 0 saturated carbocycles. The zero-order valence-corrected chi connectivity index (χ0v) is 12.7. The van der Waals surface area contributed by atoms with Crippen molar-refractivity contribution < 1.29 is 4.74 Å². The summed E-state index contributed by atoms with van der Waals surface area (Å²) < 4.78 is 5.81. The molecule has 1 aliphatic heterocycles. The number of hydrogen-bond donors (Lipinski definition) is 1. The van der Waals surface area contributed by atoms with Crippen LogP contribution in [-0.2, 0) is 4.74 Å². The first-order valence-corrected chi connectivity index (χ1v) is 7.29. The van der Waals surface area contributed by atoms with Crippen LogP contribution in [0.1, 0.15) is 19.4 Å². The Bertz CT molecular complexity index is 423. The molecule has 0 aliphatic carbocycles. The summed E-state index contributed by atoms with van der Waals surface area (Å²) >= 11 is 6.02. The van der Waals surface area contributed by atoms with E-state index in [1.54, 1.807) is 0 Å². The van der Waals surface area contributed by atoms with Crippen LogP contribution in [0.3, 0.4) is 0 Å². The van der Waals surface area contributed by atoms with Crippen molar-refractivity contribution in [2.45, 2.75) is 32.9 Å². The van der Waals surface area contributed by atoms with Crippen molar-refractivity contribution in [3.05, 3.63) is 28.8 Å². The molecule has 1 fully saturated rings. The molecule has 0 bridgehead atoms. The summed E-state index contributed by atoms with van der Waals surface area (Å²) in [6.45, 7) is 10.2. The Labute approximate surface area is 120 Å². The summed E-state index contributed by atoms with van der Waals surface area (Å²) in [7, 11) is 0. The molecule has 1 aromatic rings. The molecular formula is C15H23ClN2O. The lowest BCUT2D eigenvalue weighted by Crippen LogP contribution is -2.48. The molecule has 1 aliphatic rings. The summed E-state index contributed by atoms with van der Waals surface area (Å²) in [4.78, 5) is 2.46. The third-order valence-corrected chi connectivity index (χ3v) is 3.86. The van der Waals surface area contributed by atoms with Gasteiger partial charge in [0.05, 0.1) is 12.7 Å². The van der Waals surface area contributed by atoms with Crippen LogP contribution in [-0.4, -0.2) is 43.3 Å². The summed E-state index contributed by atoms with van der Waals surface area (Å²) in [5.74, 6) is 0. The predicted molar refractivity (Wildman–Crippen MR) is 81.1 cm³/mol. The first-order valence-electron chi connectivity index (χ1n) is 6.92. The Morgan fingerprint density at radius 2 is 2.26 bits per heavy atom. The summed E-state index contributed by atoms with van der Waals surface area (Å²) in [5.41, 5.74) is 2.30. The minimum absolute atomic E-state index is 0.245. The zero-order chi connectivity index (χ0) is 13.8. The van der Waals surface area contributed by atoms with Gasteiger partial charge in [-0.3, -0.25) is 4.90 Å². The SMILES string of the molecule is Cc1ccc(Cl)cc1NCC1CN(C(C)C)CCO1. The molecule has 19 heavy (non-hydrogen) atoms. The van der Waals surface area contributed by atoms with Crippen molar-refractivity contribution >= 4 is 17.3 Å². The Hall–Kier alpha value is -0.770. The second-order valence-electron chi connectivity index (χ2n) is 5.42. The second-order valence-corrected chi connectivity index (χ2v) is 5.86. The van der Waals surface area contributed by atoms with Gasteiger partial charge in [-0.15, -0.1) is 0 Å². The Kier molecular flexibility index (Phi) is 5.08. The quantitative estimate of drug-likeness (QED) is 0.918. The molecule has 2 rings (SSSR count). The van der Waals surface area contributed by atoms with Crippen LogP contribution >= 0.6 is 11.6 Å². The molecule has 0 radical (unpaired) electrons. The standard InChI is InChI=1S/C15H23ClN2O/c1-11(2)18-6-7-19-14(10-18)9-17-15-8-13(16)5-4-12(15)3/h4-5,8,11,14,17H,6-7,9-10H2,1-3H3. The average Bonchev–Trinajstić information content (AvgIpc) is 2.40. The molecule has 1 saturated heterocycles. The molecule has 0 amide bonds. The lowest BCUT2D eigenvalue weighted by atomic mass is 10.2. The van der Waals surface area contributed by atoms with Gasteiger partial charge in [0.2, 0.25) is 0 Å². The van der Waals surface area contributed by atoms with Gasteiger partial charge >= 0.3 is 0 Å². The number of morpholine rings is 1. The van der Waals surface area contributed by atoms with E-state index in [0.29, 0.717) is 6.04 Å². The van der Waals surface area contributed by atoms with E-state index in [2.05, 4.69) is 31.0 Å². The maximum absolute atomic E-state index is 6.02. The third-order valence-electron chi connectivity index (χ3n) is 3.62. The van der Waals surface area contributed by atoms with E-state index in [9.17, 15) is 0 Å². The van der Waals surface area contributed by atoms with Crippen molar-refractivity contribution in [1.29, 1.82) is 0 Å². The minimum atomic E-state index is 0.245. The number of anilines is 1. The first-order chi connectivity index (χ1) is 9.06. The van der Waals surface area contributed by atoms with Crippen molar-refractivity contribution in [1.82, 2.24) is 4.90 Å². The lowest BCUT2D eigenvalue weighted by molar-refractivity contribution is -0.0315. The van der Waals surface area contributed by atoms with Crippen LogP contribution in [0.15, 0.2) is 18.2 Å². The van der Waals surface area contributed by atoms with E-state index >= 15 is 0 Å². The zero-order valence-electron chi connectivity index (χ0n) is 11.9. The first kappa shape index (κ1) is 14.6. The molecule has 4 heteroatoms. The van der Waals surface area contributed by atoms with Crippen LogP contribution in [0.2, 0.25) is 5.02 Å². The predicted octanol–water partition coefficient (Wildman–Crippen LogP) is 3.17. The molecule has 1 atom stereocenters. The van der Waals surface area contributed by atoms with Crippen LogP contribution in [0.5, 0.6) is 0 Å². The molecule has 3 nitrogen and oxygen atoms in total. The van der Waals surface area contributed by atoms with Crippen molar-refractivity contribution in [3.8, 4) is 0 Å². The third kappa shape index (κ3) is 4.10. The molecule has 0 spiro atoms. The number of ether oxygens (including phenoxy) is 1. The van der Waals surface area contributed by atoms with Gasteiger partial charge in [0, 0.05) is 36.4 Å². The van der Waals surface area contributed by atoms with Gasteiger partial charge in [-0.25, -0.2) is 0 Å². The fraction of sp³-hybridized carbons (Fsp3) is 0.600. The van der Waals surface area contributed by atoms with Crippen molar-refractivity contribution in [3.63, 3.8) is 0 Å². The molecule has 1 N–H and O–H groups in total. The number of benzene rings is 1. The van der Waals surface area contributed by atoms with Gasteiger partial charge < -0.3 is 10.1 Å². The van der Waals surface area contributed by atoms with Crippen LogP contribution in [0, 0.1) is 6.92 Å². The highest BCUT2D eigenvalue weighted by Gasteiger charge is 2.21. The Balaban J connectivity index is 1.89. The van der Waals surface area contributed by atoms with Gasteiger partial charge in [0.15, 0.2) is 0 Å². The average molecular weight is 283 g/mol. The number of aryl methyl sites for hydroxylation is 1. The van der Waals surface area contributed by atoms with E-state index < -0.39 is 0 Å². The lowest BCUT2D eigenvalue weighted by Gasteiger charge is -2.35. The second kappa shape index (κ2) is 6.60. The van der Waals surface area contributed by atoms with Gasteiger partial charge in [0.1, 0.15) is 0 Å². The topological polar surface area (TPSA) is 24.5 Å². The van der Waals surface area contributed by atoms with E-state index in [0.717, 1.165) is 37.0 Å². The highest BCUT2D eigenvalue weighted by Crippen LogP contribution is 2.20. The molecule has 1 unspecified atom stereocenters. The summed E-state index contributed by atoms with van der Waals surface area (Å²) in [5, 5.41) is 4.21. The van der Waals surface area contributed by atoms with Crippen molar-refractivity contribution in [2.24, 2.45) is 0 Å². The van der Waals surface area contributed by atoms with E-state index in [-0.39, 0.29) is 6.10 Å². The Morgan fingerprint density at radius 3 is 3.00 bits per heavy atom. The summed E-state index contributed by atoms with van der Waals surface area (Å²) in [6.07, 6.45) is 0.245. The number of nitrogens with one attached hydrogen (secondary N) is 1. The van der Waals surface area contributed by atoms with E-state index in [4.69, 9.17) is 16.3 Å². The normalized spacial score (nSPS) is 20.8. The molecular weight excluding hydrogens is 260 g/mol. The molecule has 0 aromatic heterocycles. The fourth-order valence-corrected chi connectivity index (χ4v) is 2.52. The molecule has 1 heterocycles. The van der Waals surface area contributed by atoms with Gasteiger partial charge in [0.25, 0.3) is 0 Å². The molecule has 1 aromatic carbocycles. The van der Waals surface area contributed by atoms with E-state index in [1.165, 1.54) is 5.56 Å². The highest BCUT2D eigenvalue weighted by atomic mass is 35.5. The fourth-order valence-electron chi connectivity index (χ4n) is 2.34. The van der Waals surface area contributed by atoms with E-state index in [1.807, 2.05) is 18.2 Å². The van der Waals surface area contributed by atoms with Crippen LogP contribution in [0.4, 0.5) is 5.69 Å². The largest absolute Gasteiger partial charge is 0.382 e.